The van der Waals surface area contributed by atoms with Gasteiger partial charge < -0.3 is 14.7 Å². The molecule has 0 fully saturated rings. The van der Waals surface area contributed by atoms with E-state index < -0.39 is 5.97 Å². The maximum Gasteiger partial charge on any atom is 0.356 e. The van der Waals surface area contributed by atoms with Crippen LogP contribution in [0.2, 0.25) is 0 Å². The summed E-state index contributed by atoms with van der Waals surface area (Å²) in [7, 11) is 0. The van der Waals surface area contributed by atoms with Crippen molar-refractivity contribution in [3.05, 3.63) is 30.3 Å². The van der Waals surface area contributed by atoms with Crippen molar-refractivity contribution in [2.75, 3.05) is 13.2 Å². The topological polar surface area (TPSA) is 68.1 Å². The lowest BCUT2D eigenvalue weighted by molar-refractivity contribution is -0.135. The number of carbonyl (C=O) groups is 1. The van der Waals surface area contributed by atoms with Crippen molar-refractivity contribution in [3.63, 3.8) is 0 Å². The van der Waals surface area contributed by atoms with Gasteiger partial charge in [0.2, 0.25) is 0 Å². The summed E-state index contributed by atoms with van der Waals surface area (Å²) in [5, 5.41) is 11.6. The Morgan fingerprint density at radius 3 is 2.67 bits per heavy atom. The Balaban J connectivity index is 2.26. The summed E-state index contributed by atoms with van der Waals surface area (Å²) in [6.07, 6.45) is 0.898. The van der Waals surface area contributed by atoms with Gasteiger partial charge in [-0.2, -0.15) is 0 Å². The van der Waals surface area contributed by atoms with Gasteiger partial charge in [0.1, 0.15) is 5.75 Å². The summed E-state index contributed by atoms with van der Waals surface area (Å²) in [4.78, 5) is 11.3. The van der Waals surface area contributed by atoms with Crippen LogP contribution in [0.4, 0.5) is 0 Å². The number of oxime groups is 1. The molecule has 0 aromatic heterocycles. The number of nitrogens with zero attached hydrogens (tertiary/aromatic N) is 1. The smallest absolute Gasteiger partial charge is 0.356 e. The standard InChI is InChI=1S/C13H17NO4/c1-2-17-13(15)12(14-16)9-6-10-18-11-7-4-3-5-8-11/h3-5,7-8,16H,2,6,9-10H2,1H3. The second-order valence-corrected chi connectivity index (χ2v) is 3.53. The predicted molar refractivity (Wildman–Crippen MR) is 67.0 cm³/mol. The van der Waals surface area contributed by atoms with E-state index in [0.29, 0.717) is 19.4 Å². The Kier molecular flexibility index (Phi) is 6.32. The first-order valence-corrected chi connectivity index (χ1v) is 5.83. The Morgan fingerprint density at radius 1 is 1.33 bits per heavy atom. The molecular formula is C13H17NO4. The molecule has 0 aliphatic rings. The SMILES string of the molecule is CCOC(=O)C(CCCOc1ccccc1)=NO. The van der Waals surface area contributed by atoms with Gasteiger partial charge in [-0.25, -0.2) is 4.79 Å². The zero-order valence-electron chi connectivity index (χ0n) is 10.3. The summed E-state index contributed by atoms with van der Waals surface area (Å²) in [5.74, 6) is 0.191. The van der Waals surface area contributed by atoms with Gasteiger partial charge in [-0.1, -0.05) is 23.4 Å². The molecular weight excluding hydrogens is 234 g/mol. The lowest BCUT2D eigenvalue weighted by Gasteiger charge is -2.06. The van der Waals surface area contributed by atoms with Crippen LogP contribution < -0.4 is 4.74 Å². The molecule has 0 spiro atoms. The van der Waals surface area contributed by atoms with Crippen LogP contribution in [0.5, 0.6) is 5.75 Å². The van der Waals surface area contributed by atoms with Crippen LogP contribution >= 0.6 is 0 Å². The monoisotopic (exact) mass is 251 g/mol. The van der Waals surface area contributed by atoms with Crippen LogP contribution in [0, 0.1) is 0 Å². The van der Waals surface area contributed by atoms with Crippen molar-refractivity contribution in [1.29, 1.82) is 0 Å². The fourth-order valence-corrected chi connectivity index (χ4v) is 1.35. The highest BCUT2D eigenvalue weighted by Gasteiger charge is 2.12. The highest BCUT2D eigenvalue weighted by atomic mass is 16.5. The summed E-state index contributed by atoms with van der Waals surface area (Å²) < 4.78 is 10.2. The highest BCUT2D eigenvalue weighted by molar-refractivity contribution is 6.36. The molecule has 1 rings (SSSR count). The van der Waals surface area contributed by atoms with Gasteiger partial charge in [0.05, 0.1) is 13.2 Å². The summed E-state index contributed by atoms with van der Waals surface area (Å²) in [6.45, 7) is 2.41. The van der Waals surface area contributed by atoms with E-state index in [1.807, 2.05) is 30.3 Å². The second-order valence-electron chi connectivity index (χ2n) is 3.53. The number of para-hydroxylation sites is 1. The quantitative estimate of drug-likeness (QED) is 0.265. The van der Waals surface area contributed by atoms with Crippen molar-refractivity contribution in [1.82, 2.24) is 0 Å². The van der Waals surface area contributed by atoms with Crippen LogP contribution in [0.25, 0.3) is 0 Å². The molecule has 0 saturated heterocycles. The molecule has 98 valence electrons. The van der Waals surface area contributed by atoms with Crippen LogP contribution in [-0.4, -0.2) is 30.1 Å². The number of rotatable bonds is 7. The first-order chi connectivity index (χ1) is 8.77. The Morgan fingerprint density at radius 2 is 2.06 bits per heavy atom. The van der Waals surface area contributed by atoms with Gasteiger partial charge in [-0.15, -0.1) is 0 Å². The number of esters is 1. The normalized spacial score (nSPS) is 11.1. The predicted octanol–water partition coefficient (Wildman–Crippen LogP) is 2.24. The Hall–Kier alpha value is -2.04. The van der Waals surface area contributed by atoms with E-state index in [1.54, 1.807) is 6.92 Å². The molecule has 5 nitrogen and oxygen atoms in total. The summed E-state index contributed by atoms with van der Waals surface area (Å²) in [5.41, 5.74) is 0.0218. The maximum atomic E-state index is 11.3. The van der Waals surface area contributed by atoms with Crippen molar-refractivity contribution < 1.29 is 19.5 Å². The minimum absolute atomic E-state index is 0.0218. The molecule has 0 saturated carbocycles. The fourth-order valence-electron chi connectivity index (χ4n) is 1.35. The van der Waals surface area contributed by atoms with Crippen LogP contribution in [0.3, 0.4) is 0 Å². The lowest BCUT2D eigenvalue weighted by atomic mass is 10.2. The van der Waals surface area contributed by atoms with E-state index in [0.717, 1.165) is 5.75 Å². The van der Waals surface area contributed by atoms with Gasteiger partial charge >= 0.3 is 5.97 Å². The molecule has 0 atom stereocenters. The van der Waals surface area contributed by atoms with Crippen LogP contribution in [0.15, 0.2) is 35.5 Å². The Bertz CT molecular complexity index is 389. The minimum atomic E-state index is -0.584. The molecule has 1 aromatic carbocycles. The molecule has 0 aliphatic heterocycles. The molecule has 0 heterocycles. The Labute approximate surface area is 106 Å². The van der Waals surface area contributed by atoms with Gasteiger partial charge in [0.15, 0.2) is 5.71 Å². The van der Waals surface area contributed by atoms with E-state index in [4.69, 9.17) is 14.7 Å². The largest absolute Gasteiger partial charge is 0.494 e. The molecule has 0 amide bonds. The highest BCUT2D eigenvalue weighted by Crippen LogP contribution is 2.09. The van der Waals surface area contributed by atoms with Gasteiger partial charge in [0, 0.05) is 6.42 Å². The first-order valence-electron chi connectivity index (χ1n) is 5.83. The zero-order chi connectivity index (χ0) is 13.2. The molecule has 18 heavy (non-hydrogen) atoms. The van der Waals surface area contributed by atoms with Crippen molar-refractivity contribution in [3.8, 4) is 5.75 Å². The van der Waals surface area contributed by atoms with E-state index in [9.17, 15) is 4.79 Å². The number of carbonyl (C=O) groups excluding carboxylic acids is 1. The molecule has 0 radical (unpaired) electrons. The average molecular weight is 251 g/mol. The molecule has 1 N–H and O–H groups in total. The summed E-state index contributed by atoms with van der Waals surface area (Å²) >= 11 is 0. The van der Waals surface area contributed by atoms with Gasteiger partial charge in [-0.05, 0) is 25.5 Å². The molecule has 0 aliphatic carbocycles. The average Bonchev–Trinajstić information content (AvgIpc) is 2.40. The molecule has 5 heteroatoms. The van der Waals surface area contributed by atoms with E-state index in [1.165, 1.54) is 0 Å². The third kappa shape index (κ3) is 4.86. The van der Waals surface area contributed by atoms with Gasteiger partial charge in [-0.3, -0.25) is 0 Å². The second kappa shape index (κ2) is 8.11. The van der Waals surface area contributed by atoms with Crippen molar-refractivity contribution in [2.24, 2.45) is 5.16 Å². The maximum absolute atomic E-state index is 11.3. The minimum Gasteiger partial charge on any atom is -0.494 e. The number of benzene rings is 1. The summed E-state index contributed by atoms with van der Waals surface area (Å²) in [6, 6.07) is 9.38. The molecule has 0 unspecified atom stereocenters. The van der Waals surface area contributed by atoms with E-state index in [2.05, 4.69) is 5.16 Å². The van der Waals surface area contributed by atoms with Crippen molar-refractivity contribution in [2.45, 2.75) is 19.8 Å². The fraction of sp³-hybridized carbons (Fsp3) is 0.385. The van der Waals surface area contributed by atoms with E-state index in [-0.39, 0.29) is 12.3 Å². The number of hydrogen-bond donors (Lipinski definition) is 1. The number of ether oxygens (including phenoxy) is 2. The third-order valence-electron chi connectivity index (χ3n) is 2.20. The van der Waals surface area contributed by atoms with Gasteiger partial charge in [0.25, 0.3) is 0 Å². The third-order valence-corrected chi connectivity index (χ3v) is 2.20. The molecule has 1 aromatic rings. The molecule has 0 bridgehead atoms. The van der Waals surface area contributed by atoms with Crippen LogP contribution in [-0.2, 0) is 9.53 Å². The van der Waals surface area contributed by atoms with E-state index >= 15 is 0 Å². The van der Waals surface area contributed by atoms with Crippen LogP contribution in [0.1, 0.15) is 19.8 Å². The number of hydrogen-bond acceptors (Lipinski definition) is 5. The van der Waals surface area contributed by atoms with Crippen molar-refractivity contribution >= 4 is 11.7 Å². The zero-order valence-corrected chi connectivity index (χ0v) is 10.3. The lowest BCUT2D eigenvalue weighted by Crippen LogP contribution is -2.18. The first kappa shape index (κ1) is 14.0.